The molecule has 0 saturated carbocycles. The van der Waals surface area contributed by atoms with Crippen LogP contribution in [-0.2, 0) is 28.7 Å². The van der Waals surface area contributed by atoms with Gasteiger partial charge in [-0.25, -0.2) is 4.21 Å². The van der Waals surface area contributed by atoms with Crippen molar-refractivity contribution in [2.45, 2.75) is 0 Å². The molecule has 0 bridgehead atoms. The van der Waals surface area contributed by atoms with E-state index >= 15 is 0 Å². The van der Waals surface area contributed by atoms with Crippen LogP contribution in [0.25, 0.3) is 0 Å². The van der Waals surface area contributed by atoms with E-state index in [0.29, 0.717) is 0 Å². The van der Waals surface area contributed by atoms with Crippen LogP contribution in [0.5, 0.6) is 0 Å². The van der Waals surface area contributed by atoms with Crippen LogP contribution < -0.4 is 102 Å². The van der Waals surface area contributed by atoms with Crippen LogP contribution in [0, 0.1) is 0 Å². The smallest absolute Gasteiger partial charge is 0.286 e. The third-order valence-electron chi connectivity index (χ3n) is 0. The molecule has 0 unspecified atom stereocenters. The van der Waals surface area contributed by atoms with Crippen molar-refractivity contribution in [3.63, 3.8) is 0 Å². The maximum atomic E-state index is 9.09. The molecular formula is Cl2I3O13RuS. The molecule has 0 heterocycles. The normalized spacial score (nSPS) is 10.8. The molecule has 0 aromatic carbocycles. The van der Waals surface area contributed by atoms with Crippen LogP contribution in [0.4, 0.5) is 0 Å². The molecule has 20 heteroatoms. The zero-order valence-corrected chi connectivity index (χ0v) is 18.5. The van der Waals surface area contributed by atoms with E-state index in [0.717, 1.165) is 0 Å². The quantitative estimate of drug-likeness (QED) is 0.125. The maximum Gasteiger partial charge on any atom is 3.00 e. The molecule has 0 amide bonds. The van der Waals surface area contributed by atoms with Gasteiger partial charge in [0.25, 0.3) is 0 Å². The van der Waals surface area contributed by atoms with Crippen molar-refractivity contribution in [1.29, 1.82) is 0 Å². The molecule has 0 aliphatic carbocycles. The van der Waals surface area contributed by atoms with Crippen molar-refractivity contribution in [3.8, 4) is 0 Å². The van der Waals surface area contributed by atoms with Crippen molar-refractivity contribution >= 4 is 30.6 Å². The zero-order valence-electron chi connectivity index (χ0n) is 7.96. The molecule has 0 saturated heterocycles. The van der Waals surface area contributed by atoms with Crippen molar-refractivity contribution < 1.29 is 125 Å². The topological polar surface area (TPSA) is 294 Å². The fourth-order valence-electron chi connectivity index (χ4n) is 0. The maximum absolute atomic E-state index is 9.09. The van der Waals surface area contributed by atoms with E-state index in [-0.39, 0.29) is 19.5 Å². The van der Waals surface area contributed by atoms with Gasteiger partial charge in [-0.1, -0.05) is 0 Å². The molecule has 0 atom stereocenters. The fourth-order valence-corrected chi connectivity index (χ4v) is 0. The summed E-state index contributed by atoms with van der Waals surface area (Å²) in [6, 6.07) is 0. The predicted octanol–water partition coefficient (Wildman–Crippen LogP) is -22.2. The minimum Gasteiger partial charge on any atom is -0.286 e. The van der Waals surface area contributed by atoms with Crippen LogP contribution in [0.1, 0.15) is 0 Å². The van der Waals surface area contributed by atoms with Gasteiger partial charge in [0.05, 0.1) is 0 Å². The Hall–Kier alpha value is 3.06. The van der Waals surface area contributed by atoms with Gasteiger partial charge in [-0.3, -0.25) is 41.2 Å². The summed E-state index contributed by atoms with van der Waals surface area (Å²) in [5, 5.41) is 0. The van der Waals surface area contributed by atoms with E-state index in [2.05, 4.69) is 21.4 Å². The summed E-state index contributed by atoms with van der Waals surface area (Å²) in [5.74, 6) is 0. The van der Waals surface area contributed by atoms with E-state index in [9.17, 15) is 0 Å². The van der Waals surface area contributed by atoms with Gasteiger partial charge in [0.15, 0.2) is 0 Å². The average Bonchev–Trinajstić information content (AvgIpc) is 1.66. The van der Waals surface area contributed by atoms with Crippen molar-refractivity contribution in [3.05, 3.63) is 0 Å². The largest absolute Gasteiger partial charge is 3.00 e. The Bertz CT molecular complexity index is 169. The summed E-state index contributed by atoms with van der Waals surface area (Å²) < 4.78 is 112. The van der Waals surface area contributed by atoms with E-state index in [1.165, 1.54) is 0 Å². The Morgan fingerprint density at radius 2 is 0.550 bits per heavy atom. The zero-order chi connectivity index (χ0) is 17.1. The third-order valence-corrected chi connectivity index (χ3v) is 0. The summed E-state index contributed by atoms with van der Waals surface area (Å²) in [7, 11) is 7.36. The summed E-state index contributed by atoms with van der Waals surface area (Å²) in [6.45, 7) is 0. The SMILES string of the molecule is O=S(Cl)Cl.[O-][I+3]([O-])([O-])[O-].[O-][I+3]([O-])([O-])[O-].[O-][I+3]([O-])([O-])[O-].[Ru+3]. The first-order valence-corrected chi connectivity index (χ1v) is 15.7. The first kappa shape index (κ1) is 34.4. The molecule has 0 fully saturated rings. The van der Waals surface area contributed by atoms with Gasteiger partial charge >= 0.3 is 19.5 Å². The van der Waals surface area contributed by atoms with Gasteiger partial charge in [0.2, 0.25) is 9.23 Å². The predicted molar refractivity (Wildman–Crippen MR) is 19.8 cm³/mol. The van der Waals surface area contributed by atoms with Crippen molar-refractivity contribution in [1.82, 2.24) is 0 Å². The van der Waals surface area contributed by atoms with Crippen LogP contribution in [0.2, 0.25) is 0 Å². The van der Waals surface area contributed by atoms with E-state index in [1.54, 1.807) is 0 Å². The number of hydrogen-bond donors (Lipinski definition) is 0. The second kappa shape index (κ2) is 16.9. The molecule has 0 rings (SSSR count). The molecule has 13 nitrogen and oxygen atoms in total. The molecule has 127 valence electrons. The molecule has 0 aliphatic rings. The number of hydrogen-bond acceptors (Lipinski definition) is 13. The minimum absolute atomic E-state index is 0. The van der Waals surface area contributed by atoms with Crippen molar-refractivity contribution in [2.24, 2.45) is 0 Å². The standard InChI is InChI=1S/Cl2OS.3IO4.Ru/c1-4(2)3;3*2-1(3,4)5;/q;3*-1;+3. The second-order valence-corrected chi connectivity index (χ2v) is 10.3. The van der Waals surface area contributed by atoms with Crippen LogP contribution in [-0.4, -0.2) is 4.21 Å². The van der Waals surface area contributed by atoms with Crippen LogP contribution in [0.15, 0.2) is 0 Å². The van der Waals surface area contributed by atoms with Crippen LogP contribution >= 0.6 is 21.4 Å². The summed E-state index contributed by atoms with van der Waals surface area (Å²) in [6.07, 6.45) is 0. The molecule has 0 spiro atoms. The molecular weight excluding hydrogens is 793 g/mol. The van der Waals surface area contributed by atoms with E-state index in [1.807, 2.05) is 0 Å². The first-order valence-electron chi connectivity index (χ1n) is 2.33. The first-order chi connectivity index (χ1) is 7.73. The van der Waals surface area contributed by atoms with E-state index in [4.69, 9.17) is 45.4 Å². The Morgan fingerprint density at radius 1 is 0.550 bits per heavy atom. The Kier molecular flexibility index (Phi) is 29.1. The minimum atomic E-state index is -5.94. The van der Waals surface area contributed by atoms with Crippen molar-refractivity contribution in [2.75, 3.05) is 0 Å². The number of rotatable bonds is 0. The Balaban J connectivity index is -0.0000000494. The van der Waals surface area contributed by atoms with Gasteiger partial charge < -0.3 is 0 Å². The monoisotopic (exact) mass is 792 g/mol. The van der Waals surface area contributed by atoms with E-state index < -0.39 is 69.5 Å². The van der Waals surface area contributed by atoms with Crippen LogP contribution in [0.3, 0.4) is 0 Å². The van der Waals surface area contributed by atoms with Gasteiger partial charge in [-0.2, -0.15) is 0 Å². The molecule has 20 heavy (non-hydrogen) atoms. The Morgan fingerprint density at radius 3 is 0.550 bits per heavy atom. The molecule has 0 N–H and O–H groups in total. The molecule has 1 radical (unpaired) electrons. The fraction of sp³-hybridized carbons (Fsp3) is 0. The molecule has 0 aromatic rings. The number of halogens is 5. The summed E-state index contributed by atoms with van der Waals surface area (Å²) in [4.78, 5) is 0. The summed E-state index contributed by atoms with van der Waals surface area (Å²) >= 11 is -17.8. The Labute approximate surface area is 153 Å². The second-order valence-electron chi connectivity index (χ2n) is 1.32. The van der Waals surface area contributed by atoms with Gasteiger partial charge in [0, 0.05) is 21.4 Å². The average molecular weight is 793 g/mol. The summed E-state index contributed by atoms with van der Waals surface area (Å²) in [5.41, 5.74) is 0. The third kappa shape index (κ3) is 904. The molecule has 0 aromatic heterocycles. The van der Waals surface area contributed by atoms with Gasteiger partial charge in [-0.05, 0) is 0 Å². The van der Waals surface area contributed by atoms with Gasteiger partial charge in [0.1, 0.15) is 60.3 Å². The van der Waals surface area contributed by atoms with Gasteiger partial charge in [-0.15, -0.1) is 0 Å². The molecule has 0 aliphatic heterocycles.